The molecular formula is C26H29N3O3S. The molecule has 0 spiro atoms. The molecule has 1 saturated heterocycles. The third kappa shape index (κ3) is 5.80. The minimum absolute atomic E-state index is 0.0381. The van der Waals surface area contributed by atoms with Crippen LogP contribution in [0.25, 0.3) is 10.4 Å². The zero-order chi connectivity index (χ0) is 23.4. The molecule has 1 fully saturated rings. The second kappa shape index (κ2) is 10.2. The highest BCUT2D eigenvalue weighted by Gasteiger charge is 2.20. The number of aryl methyl sites for hydroxylation is 1. The summed E-state index contributed by atoms with van der Waals surface area (Å²) >= 11 is 1.65. The SMILES string of the molecule is CC(=O)NCc1ccc(-c2cccc(C(C)NC(=O)c3cc(OC4CNC4)ccc3C)c2)s1. The molecule has 3 aromatic rings. The van der Waals surface area contributed by atoms with Gasteiger partial charge in [-0.2, -0.15) is 0 Å². The standard InChI is InChI=1S/C26H29N3O3S/c1-16-7-8-21(32-22-13-27-14-22)12-24(16)26(31)29-17(2)19-5-4-6-20(11-19)25-10-9-23(33-25)15-28-18(3)30/h4-12,17,22,27H,13-15H2,1-3H3,(H,28,30)(H,29,31). The Hall–Kier alpha value is -3.16. The number of nitrogens with one attached hydrogen (secondary N) is 3. The van der Waals surface area contributed by atoms with Crippen molar-refractivity contribution in [3.63, 3.8) is 0 Å². The Kier molecular flexibility index (Phi) is 7.11. The lowest BCUT2D eigenvalue weighted by Crippen LogP contribution is -2.50. The van der Waals surface area contributed by atoms with E-state index in [1.165, 1.54) is 6.92 Å². The molecule has 2 aromatic carbocycles. The van der Waals surface area contributed by atoms with Crippen molar-refractivity contribution in [1.29, 1.82) is 0 Å². The van der Waals surface area contributed by atoms with Gasteiger partial charge in [-0.1, -0.05) is 24.3 Å². The molecule has 6 nitrogen and oxygen atoms in total. The first kappa shape index (κ1) is 23.0. The Morgan fingerprint density at radius 3 is 2.70 bits per heavy atom. The molecule has 0 aliphatic carbocycles. The summed E-state index contributed by atoms with van der Waals surface area (Å²) in [4.78, 5) is 26.4. The van der Waals surface area contributed by atoms with Crippen molar-refractivity contribution in [3.05, 3.63) is 76.2 Å². The van der Waals surface area contributed by atoms with Crippen molar-refractivity contribution in [2.24, 2.45) is 0 Å². The first-order valence-corrected chi connectivity index (χ1v) is 11.9. The molecule has 0 saturated carbocycles. The third-order valence-corrected chi connectivity index (χ3v) is 6.83. The van der Waals surface area contributed by atoms with Gasteiger partial charge in [0.25, 0.3) is 5.91 Å². The minimum Gasteiger partial charge on any atom is -0.488 e. The first-order chi connectivity index (χ1) is 15.9. The molecule has 3 N–H and O–H groups in total. The van der Waals surface area contributed by atoms with E-state index in [0.717, 1.165) is 45.3 Å². The van der Waals surface area contributed by atoms with Crippen molar-refractivity contribution >= 4 is 23.2 Å². The molecule has 172 valence electrons. The van der Waals surface area contributed by atoms with Gasteiger partial charge in [-0.25, -0.2) is 0 Å². The number of carbonyl (C=O) groups excluding carboxylic acids is 2. The molecule has 33 heavy (non-hydrogen) atoms. The smallest absolute Gasteiger partial charge is 0.252 e. The predicted octanol–water partition coefficient (Wildman–Crippen LogP) is 4.20. The summed E-state index contributed by atoms with van der Waals surface area (Å²) in [6, 6.07) is 17.8. The van der Waals surface area contributed by atoms with Gasteiger partial charge in [0.15, 0.2) is 0 Å². The maximum absolute atomic E-state index is 13.0. The summed E-state index contributed by atoms with van der Waals surface area (Å²) in [5.74, 6) is 0.569. The zero-order valence-electron chi connectivity index (χ0n) is 19.1. The van der Waals surface area contributed by atoms with Gasteiger partial charge in [0.1, 0.15) is 11.9 Å². The molecule has 2 heterocycles. The Morgan fingerprint density at radius 2 is 1.97 bits per heavy atom. The highest BCUT2D eigenvalue weighted by Crippen LogP contribution is 2.30. The summed E-state index contributed by atoms with van der Waals surface area (Å²) < 4.78 is 5.92. The minimum atomic E-state index is -0.156. The van der Waals surface area contributed by atoms with Gasteiger partial charge >= 0.3 is 0 Å². The van der Waals surface area contributed by atoms with Crippen LogP contribution < -0.4 is 20.7 Å². The zero-order valence-corrected chi connectivity index (χ0v) is 19.9. The highest BCUT2D eigenvalue weighted by molar-refractivity contribution is 7.15. The van der Waals surface area contributed by atoms with Gasteiger partial charge in [-0.3, -0.25) is 9.59 Å². The topological polar surface area (TPSA) is 79.5 Å². The number of hydrogen-bond acceptors (Lipinski definition) is 5. The summed E-state index contributed by atoms with van der Waals surface area (Å²) in [5.41, 5.74) is 3.66. The van der Waals surface area contributed by atoms with Crippen LogP contribution in [0.4, 0.5) is 0 Å². The molecule has 1 aromatic heterocycles. The van der Waals surface area contributed by atoms with Crippen LogP contribution in [0.15, 0.2) is 54.6 Å². The van der Waals surface area contributed by atoms with Crippen molar-refractivity contribution in [1.82, 2.24) is 16.0 Å². The van der Waals surface area contributed by atoms with E-state index in [0.29, 0.717) is 12.1 Å². The fraction of sp³-hybridized carbons (Fsp3) is 0.308. The van der Waals surface area contributed by atoms with E-state index in [-0.39, 0.29) is 24.0 Å². The molecule has 1 aliphatic rings. The number of amides is 2. The quantitative estimate of drug-likeness (QED) is 0.468. The van der Waals surface area contributed by atoms with Crippen LogP contribution >= 0.6 is 11.3 Å². The predicted molar refractivity (Wildman–Crippen MR) is 132 cm³/mol. The Balaban J connectivity index is 1.44. The Morgan fingerprint density at radius 1 is 1.15 bits per heavy atom. The summed E-state index contributed by atoms with van der Waals surface area (Å²) in [5, 5.41) is 9.14. The van der Waals surface area contributed by atoms with Crippen LogP contribution in [0.5, 0.6) is 5.75 Å². The lowest BCUT2D eigenvalue weighted by Gasteiger charge is -2.28. The number of thiophene rings is 1. The van der Waals surface area contributed by atoms with E-state index in [9.17, 15) is 9.59 Å². The van der Waals surface area contributed by atoms with Crippen LogP contribution in [0.3, 0.4) is 0 Å². The lowest BCUT2D eigenvalue weighted by atomic mass is 10.0. The molecule has 7 heteroatoms. The maximum Gasteiger partial charge on any atom is 0.252 e. The average molecular weight is 464 g/mol. The van der Waals surface area contributed by atoms with Crippen molar-refractivity contribution in [2.45, 2.75) is 39.5 Å². The molecule has 0 radical (unpaired) electrons. The molecule has 0 bridgehead atoms. The van der Waals surface area contributed by atoms with Crippen LogP contribution in [0.2, 0.25) is 0 Å². The molecular weight excluding hydrogens is 434 g/mol. The largest absolute Gasteiger partial charge is 0.488 e. The van der Waals surface area contributed by atoms with Gasteiger partial charge in [-0.15, -0.1) is 11.3 Å². The molecule has 1 atom stereocenters. The highest BCUT2D eigenvalue weighted by atomic mass is 32.1. The van der Waals surface area contributed by atoms with E-state index in [1.54, 1.807) is 11.3 Å². The fourth-order valence-corrected chi connectivity index (χ4v) is 4.56. The summed E-state index contributed by atoms with van der Waals surface area (Å²) in [6.07, 6.45) is 0.168. The van der Waals surface area contributed by atoms with Crippen molar-refractivity contribution < 1.29 is 14.3 Å². The van der Waals surface area contributed by atoms with Gasteiger partial charge in [0.05, 0.1) is 12.6 Å². The van der Waals surface area contributed by atoms with E-state index in [4.69, 9.17) is 4.74 Å². The normalized spacial score (nSPS) is 14.3. The number of carbonyl (C=O) groups is 2. The van der Waals surface area contributed by atoms with Crippen LogP contribution in [-0.4, -0.2) is 31.0 Å². The number of hydrogen-bond donors (Lipinski definition) is 3. The van der Waals surface area contributed by atoms with E-state index in [1.807, 2.05) is 50.2 Å². The van der Waals surface area contributed by atoms with Crippen LogP contribution in [-0.2, 0) is 11.3 Å². The molecule has 1 unspecified atom stereocenters. The Bertz CT molecular complexity index is 1150. The summed E-state index contributed by atoms with van der Waals surface area (Å²) in [7, 11) is 0. The number of rotatable bonds is 8. The van der Waals surface area contributed by atoms with Crippen LogP contribution in [0, 0.1) is 6.92 Å². The van der Waals surface area contributed by atoms with Gasteiger partial charge in [0, 0.05) is 35.3 Å². The molecule has 2 amide bonds. The van der Waals surface area contributed by atoms with Gasteiger partial charge in [0.2, 0.25) is 5.91 Å². The van der Waals surface area contributed by atoms with Gasteiger partial charge in [-0.05, 0) is 60.9 Å². The number of benzene rings is 2. The second-order valence-electron chi connectivity index (χ2n) is 8.37. The van der Waals surface area contributed by atoms with Gasteiger partial charge < -0.3 is 20.7 Å². The Labute approximate surface area is 198 Å². The first-order valence-electron chi connectivity index (χ1n) is 11.1. The van der Waals surface area contributed by atoms with E-state index in [2.05, 4.69) is 34.1 Å². The van der Waals surface area contributed by atoms with Crippen molar-refractivity contribution in [3.8, 4) is 16.2 Å². The van der Waals surface area contributed by atoms with Crippen LogP contribution in [0.1, 0.15) is 46.3 Å². The lowest BCUT2D eigenvalue weighted by molar-refractivity contribution is -0.119. The molecule has 4 rings (SSSR count). The second-order valence-corrected chi connectivity index (χ2v) is 9.54. The van der Waals surface area contributed by atoms with E-state index >= 15 is 0 Å². The summed E-state index contributed by atoms with van der Waals surface area (Å²) in [6.45, 7) is 7.65. The van der Waals surface area contributed by atoms with E-state index < -0.39 is 0 Å². The number of ether oxygens (including phenoxy) is 1. The monoisotopic (exact) mass is 463 g/mol. The fourth-order valence-electron chi connectivity index (χ4n) is 3.62. The van der Waals surface area contributed by atoms with Crippen molar-refractivity contribution in [2.75, 3.05) is 13.1 Å². The third-order valence-electron chi connectivity index (χ3n) is 5.69. The average Bonchev–Trinajstić information content (AvgIpc) is 3.25. The molecule has 1 aliphatic heterocycles. The maximum atomic E-state index is 13.0.